The van der Waals surface area contributed by atoms with E-state index in [1.54, 1.807) is 24.2 Å². The van der Waals surface area contributed by atoms with Crippen molar-refractivity contribution < 1.29 is 0 Å². The van der Waals surface area contributed by atoms with Crippen LogP contribution in [0.5, 0.6) is 0 Å². The maximum absolute atomic E-state index is 4.36. The Hall–Kier alpha value is -1.21. The molecule has 1 N–H and O–H groups in total. The third kappa shape index (κ3) is 3.92. The maximum atomic E-state index is 4.36. The van der Waals surface area contributed by atoms with Crippen molar-refractivity contribution in [2.24, 2.45) is 0 Å². The minimum absolute atomic E-state index is 0.774. The molecule has 7 heteroatoms. The maximum Gasteiger partial charge on any atom is 0.170 e. The smallest absolute Gasteiger partial charge is 0.170 e. The van der Waals surface area contributed by atoms with Gasteiger partial charge in [-0.2, -0.15) is 4.37 Å². The molecule has 0 atom stereocenters. The fraction of sp³-hybridized carbons (Fsp3) is 0.455. The zero-order valence-corrected chi connectivity index (χ0v) is 12.0. The first-order chi connectivity index (χ1) is 8.78. The topological polar surface area (TPSA) is 63.6 Å². The summed E-state index contributed by atoms with van der Waals surface area (Å²) < 4.78 is 5.11. The van der Waals surface area contributed by atoms with Crippen molar-refractivity contribution in [3.63, 3.8) is 0 Å². The van der Waals surface area contributed by atoms with E-state index in [4.69, 9.17) is 0 Å². The van der Waals surface area contributed by atoms with Crippen molar-refractivity contribution in [1.29, 1.82) is 0 Å². The minimum Gasteiger partial charge on any atom is -0.369 e. The van der Waals surface area contributed by atoms with Crippen LogP contribution >= 0.6 is 23.3 Å². The minimum atomic E-state index is 0.774. The molecule has 0 aliphatic rings. The van der Waals surface area contributed by atoms with E-state index in [9.17, 15) is 0 Å². The van der Waals surface area contributed by atoms with E-state index >= 15 is 0 Å². The van der Waals surface area contributed by atoms with Crippen molar-refractivity contribution in [2.75, 3.05) is 11.9 Å². The SMILES string of the molecule is CCCNc1cnc(CSc2nc(C)ns2)cn1. The van der Waals surface area contributed by atoms with Gasteiger partial charge in [-0.05, 0) is 24.9 Å². The summed E-state index contributed by atoms with van der Waals surface area (Å²) in [6.45, 7) is 4.94. The summed E-state index contributed by atoms with van der Waals surface area (Å²) in [6.07, 6.45) is 4.66. The van der Waals surface area contributed by atoms with Crippen LogP contribution in [-0.4, -0.2) is 25.9 Å². The molecule has 0 saturated heterocycles. The van der Waals surface area contributed by atoms with Crippen LogP contribution in [0.2, 0.25) is 0 Å². The Balaban J connectivity index is 1.86. The first kappa shape index (κ1) is 13.2. The molecule has 0 amide bonds. The van der Waals surface area contributed by atoms with Crippen molar-refractivity contribution in [2.45, 2.75) is 30.4 Å². The molecule has 0 aromatic carbocycles. The van der Waals surface area contributed by atoms with Crippen LogP contribution in [0.25, 0.3) is 0 Å². The quantitative estimate of drug-likeness (QED) is 0.821. The van der Waals surface area contributed by atoms with Crippen LogP contribution in [0, 0.1) is 6.92 Å². The van der Waals surface area contributed by atoms with Crippen LogP contribution in [-0.2, 0) is 5.75 Å². The number of hydrogen-bond acceptors (Lipinski definition) is 7. The molecule has 5 nitrogen and oxygen atoms in total. The van der Waals surface area contributed by atoms with Gasteiger partial charge in [0, 0.05) is 12.3 Å². The second-order valence-corrected chi connectivity index (χ2v) is 5.69. The average molecular weight is 281 g/mol. The van der Waals surface area contributed by atoms with Gasteiger partial charge in [-0.25, -0.2) is 9.97 Å². The molecule has 2 rings (SSSR count). The molecule has 0 aliphatic carbocycles. The number of anilines is 1. The molecule has 2 aromatic rings. The first-order valence-corrected chi connectivity index (χ1v) is 7.51. The van der Waals surface area contributed by atoms with Gasteiger partial charge >= 0.3 is 0 Å². The number of nitrogens with one attached hydrogen (secondary N) is 1. The van der Waals surface area contributed by atoms with Gasteiger partial charge in [0.2, 0.25) is 0 Å². The van der Waals surface area contributed by atoms with E-state index in [0.29, 0.717) is 0 Å². The summed E-state index contributed by atoms with van der Waals surface area (Å²) >= 11 is 3.06. The highest BCUT2D eigenvalue weighted by atomic mass is 32.2. The molecule has 0 aliphatic heterocycles. The Morgan fingerprint density at radius 3 is 2.83 bits per heavy atom. The predicted molar refractivity (Wildman–Crippen MR) is 75.0 cm³/mol. The first-order valence-electron chi connectivity index (χ1n) is 5.76. The summed E-state index contributed by atoms with van der Waals surface area (Å²) in [7, 11) is 0. The highest BCUT2D eigenvalue weighted by Crippen LogP contribution is 2.23. The summed E-state index contributed by atoms with van der Waals surface area (Å²) in [5.74, 6) is 2.43. The van der Waals surface area contributed by atoms with Gasteiger partial charge in [0.1, 0.15) is 11.6 Å². The number of nitrogens with zero attached hydrogens (tertiary/aromatic N) is 4. The number of thioether (sulfide) groups is 1. The van der Waals surface area contributed by atoms with Gasteiger partial charge in [-0.15, -0.1) is 0 Å². The van der Waals surface area contributed by atoms with Crippen molar-refractivity contribution >= 4 is 29.1 Å². The molecule has 0 spiro atoms. The molecule has 18 heavy (non-hydrogen) atoms. The lowest BCUT2D eigenvalue weighted by Gasteiger charge is -2.03. The Bertz CT molecular complexity index is 482. The van der Waals surface area contributed by atoms with E-state index in [1.807, 2.05) is 6.92 Å². The average Bonchev–Trinajstić information content (AvgIpc) is 2.81. The molecular weight excluding hydrogens is 266 g/mol. The van der Waals surface area contributed by atoms with Crippen LogP contribution < -0.4 is 5.32 Å². The fourth-order valence-electron chi connectivity index (χ4n) is 1.25. The highest BCUT2D eigenvalue weighted by molar-refractivity contribution is 8.00. The van der Waals surface area contributed by atoms with Crippen molar-refractivity contribution in [3.05, 3.63) is 23.9 Å². The Kier molecular flexibility index (Phi) is 4.89. The van der Waals surface area contributed by atoms with Gasteiger partial charge in [0.25, 0.3) is 0 Å². The molecule has 2 aromatic heterocycles. The van der Waals surface area contributed by atoms with Crippen molar-refractivity contribution in [3.8, 4) is 0 Å². The van der Waals surface area contributed by atoms with Crippen LogP contribution in [0.15, 0.2) is 16.7 Å². The third-order valence-electron chi connectivity index (χ3n) is 2.11. The third-order valence-corrected chi connectivity index (χ3v) is 4.07. The lowest BCUT2D eigenvalue weighted by molar-refractivity contribution is 0.960. The lowest BCUT2D eigenvalue weighted by Crippen LogP contribution is -2.02. The van der Waals surface area contributed by atoms with E-state index in [1.165, 1.54) is 11.5 Å². The number of rotatable bonds is 6. The van der Waals surface area contributed by atoms with Crippen LogP contribution in [0.4, 0.5) is 5.82 Å². The van der Waals surface area contributed by atoms with Gasteiger partial charge in [-0.3, -0.25) is 4.98 Å². The van der Waals surface area contributed by atoms with E-state index in [-0.39, 0.29) is 0 Å². The van der Waals surface area contributed by atoms with Crippen molar-refractivity contribution in [1.82, 2.24) is 19.3 Å². The fourth-order valence-corrected chi connectivity index (χ4v) is 2.79. The van der Waals surface area contributed by atoms with Crippen LogP contribution in [0.3, 0.4) is 0 Å². The lowest BCUT2D eigenvalue weighted by atomic mass is 10.4. The second kappa shape index (κ2) is 6.65. The summed E-state index contributed by atoms with van der Waals surface area (Å²) in [6, 6.07) is 0. The zero-order chi connectivity index (χ0) is 12.8. The number of aryl methyl sites for hydroxylation is 1. The standard InChI is InChI=1S/C11H15N5S2/c1-3-4-12-10-6-13-9(5-14-10)7-17-11-15-8(2)16-18-11/h5-6H,3-4,7H2,1-2H3,(H,12,14). The Morgan fingerprint density at radius 2 is 2.22 bits per heavy atom. The molecule has 2 heterocycles. The second-order valence-electron chi connectivity index (χ2n) is 3.72. The van der Waals surface area contributed by atoms with E-state index < -0.39 is 0 Å². The number of aromatic nitrogens is 4. The summed E-state index contributed by atoms with van der Waals surface area (Å²) in [5.41, 5.74) is 0.954. The zero-order valence-electron chi connectivity index (χ0n) is 10.4. The molecule has 0 saturated carbocycles. The summed E-state index contributed by atoms with van der Waals surface area (Å²) in [4.78, 5) is 13.0. The number of hydrogen-bond donors (Lipinski definition) is 1. The monoisotopic (exact) mass is 281 g/mol. The van der Waals surface area contributed by atoms with Crippen LogP contribution in [0.1, 0.15) is 24.9 Å². The molecule has 0 fully saturated rings. The Labute approximate surface area is 115 Å². The molecule has 96 valence electrons. The van der Waals surface area contributed by atoms with Gasteiger partial charge in [-0.1, -0.05) is 18.7 Å². The highest BCUT2D eigenvalue weighted by Gasteiger charge is 2.03. The predicted octanol–water partition coefficient (Wildman–Crippen LogP) is 2.75. The molecule has 0 radical (unpaired) electrons. The van der Waals surface area contributed by atoms with E-state index in [2.05, 4.69) is 31.6 Å². The van der Waals surface area contributed by atoms with Gasteiger partial charge in [0.05, 0.1) is 18.1 Å². The Morgan fingerprint density at radius 1 is 1.33 bits per heavy atom. The van der Waals surface area contributed by atoms with Gasteiger partial charge < -0.3 is 5.32 Å². The molecule has 0 unspecified atom stereocenters. The molecule has 0 bridgehead atoms. The van der Waals surface area contributed by atoms with Gasteiger partial charge in [0.15, 0.2) is 4.34 Å². The molecular formula is C11H15N5S2. The summed E-state index contributed by atoms with van der Waals surface area (Å²) in [5, 5.41) is 3.20. The van der Waals surface area contributed by atoms with E-state index in [0.717, 1.165) is 40.4 Å². The largest absolute Gasteiger partial charge is 0.369 e. The normalized spacial score (nSPS) is 10.6.